The lowest BCUT2D eigenvalue weighted by Gasteiger charge is -2.33. The van der Waals surface area contributed by atoms with Crippen molar-refractivity contribution in [2.24, 2.45) is 0 Å². The third-order valence-electron chi connectivity index (χ3n) is 2.95. The van der Waals surface area contributed by atoms with Crippen LogP contribution in [0, 0.1) is 11.3 Å². The van der Waals surface area contributed by atoms with Crippen LogP contribution >= 0.6 is 0 Å². The lowest BCUT2D eigenvalue weighted by molar-refractivity contribution is 0.0109. The summed E-state index contributed by atoms with van der Waals surface area (Å²) in [7, 11) is -3.71. The molecule has 1 aromatic rings. The summed E-state index contributed by atoms with van der Waals surface area (Å²) in [6, 6.07) is 7.18. The van der Waals surface area contributed by atoms with Gasteiger partial charge in [0.05, 0.1) is 42.4 Å². The third-order valence-corrected chi connectivity index (χ3v) is 4.90. The van der Waals surface area contributed by atoms with Gasteiger partial charge >= 0.3 is 0 Å². The molecule has 1 aliphatic rings. The maximum Gasteiger partial charge on any atom is 0.243 e. The smallest absolute Gasteiger partial charge is 0.243 e. The number of rotatable bonds is 3. The second-order valence-corrected chi connectivity index (χ2v) is 6.06. The summed E-state index contributed by atoms with van der Waals surface area (Å²) in [6.45, 7) is 0.378. The fourth-order valence-corrected chi connectivity index (χ4v) is 3.59. The molecule has 0 amide bonds. The average molecular weight is 282 g/mol. The van der Waals surface area contributed by atoms with Gasteiger partial charge in [0.15, 0.2) is 0 Å². The number of hydrogen-bond acceptors (Lipinski definition) is 5. The predicted octanol–water partition coefficient (Wildman–Crippen LogP) is -0.0599. The van der Waals surface area contributed by atoms with Crippen LogP contribution in [0.25, 0.3) is 0 Å². The number of sulfonamides is 1. The first kappa shape index (κ1) is 14.0. The number of aliphatic hydroxyl groups is 1. The number of ether oxygens (including phenoxy) is 1. The number of benzene rings is 1. The normalized spacial score (nSPS) is 20.9. The van der Waals surface area contributed by atoms with Crippen LogP contribution in [0.3, 0.4) is 0 Å². The minimum absolute atomic E-state index is 0.0619. The highest BCUT2D eigenvalue weighted by Crippen LogP contribution is 2.21. The molecule has 1 heterocycles. The Morgan fingerprint density at radius 1 is 1.53 bits per heavy atom. The molecule has 0 saturated carbocycles. The molecular formula is C12H14N2O4S. The minimum atomic E-state index is -3.71. The Morgan fingerprint density at radius 3 is 3.00 bits per heavy atom. The zero-order valence-electron chi connectivity index (χ0n) is 10.2. The Hall–Kier alpha value is -1.46. The summed E-state index contributed by atoms with van der Waals surface area (Å²) >= 11 is 0. The molecule has 1 aromatic carbocycles. The molecule has 0 bridgehead atoms. The number of aliphatic hydroxyl groups excluding tert-OH is 1. The van der Waals surface area contributed by atoms with Gasteiger partial charge in [0.25, 0.3) is 0 Å². The lowest BCUT2D eigenvalue weighted by atomic mass is 10.2. The molecule has 6 nitrogen and oxygen atoms in total. The first-order valence-electron chi connectivity index (χ1n) is 5.80. The van der Waals surface area contributed by atoms with Crippen molar-refractivity contribution in [2.75, 3.05) is 26.4 Å². The molecule has 1 N–H and O–H groups in total. The molecule has 0 aromatic heterocycles. The van der Waals surface area contributed by atoms with E-state index in [0.29, 0.717) is 6.61 Å². The van der Waals surface area contributed by atoms with Crippen LogP contribution in [-0.2, 0) is 14.8 Å². The first-order valence-corrected chi connectivity index (χ1v) is 7.24. The largest absolute Gasteiger partial charge is 0.395 e. The molecule has 102 valence electrons. The monoisotopic (exact) mass is 282 g/mol. The van der Waals surface area contributed by atoms with Crippen molar-refractivity contribution in [2.45, 2.75) is 10.9 Å². The van der Waals surface area contributed by atoms with Gasteiger partial charge in [-0.1, -0.05) is 6.07 Å². The molecule has 2 rings (SSSR count). The fraction of sp³-hybridized carbons (Fsp3) is 0.417. The molecule has 1 unspecified atom stereocenters. The van der Waals surface area contributed by atoms with Gasteiger partial charge in [-0.15, -0.1) is 0 Å². The Morgan fingerprint density at radius 2 is 2.32 bits per heavy atom. The number of morpholine rings is 1. The van der Waals surface area contributed by atoms with E-state index in [4.69, 9.17) is 10.00 Å². The van der Waals surface area contributed by atoms with Crippen molar-refractivity contribution in [3.05, 3.63) is 29.8 Å². The summed E-state index contributed by atoms with van der Waals surface area (Å²) in [5.41, 5.74) is 0.287. The average Bonchev–Trinajstić information content (AvgIpc) is 2.47. The molecule has 1 aliphatic heterocycles. The summed E-state index contributed by atoms with van der Waals surface area (Å²) in [5.74, 6) is 0. The number of nitrogens with zero attached hydrogens (tertiary/aromatic N) is 2. The van der Waals surface area contributed by atoms with Crippen molar-refractivity contribution in [3.63, 3.8) is 0 Å². The molecular weight excluding hydrogens is 268 g/mol. The van der Waals surface area contributed by atoms with Crippen LogP contribution in [0.5, 0.6) is 0 Å². The number of nitriles is 1. The van der Waals surface area contributed by atoms with Gasteiger partial charge in [-0.25, -0.2) is 8.42 Å². The Labute approximate surface area is 111 Å². The molecule has 1 saturated heterocycles. The van der Waals surface area contributed by atoms with Crippen LogP contribution in [0.15, 0.2) is 29.2 Å². The topological polar surface area (TPSA) is 90.6 Å². The van der Waals surface area contributed by atoms with Crippen LogP contribution in [0.1, 0.15) is 5.56 Å². The van der Waals surface area contributed by atoms with Gasteiger partial charge < -0.3 is 9.84 Å². The predicted molar refractivity (Wildman–Crippen MR) is 66.7 cm³/mol. The zero-order valence-corrected chi connectivity index (χ0v) is 11.0. The van der Waals surface area contributed by atoms with Gasteiger partial charge in [-0.2, -0.15) is 9.57 Å². The minimum Gasteiger partial charge on any atom is -0.395 e. The Balaban J connectivity index is 2.38. The van der Waals surface area contributed by atoms with E-state index >= 15 is 0 Å². The van der Waals surface area contributed by atoms with Gasteiger partial charge in [-0.3, -0.25) is 0 Å². The SMILES string of the molecule is N#Cc1cccc(S(=O)(=O)N2CCOCC2CO)c1. The summed E-state index contributed by atoms with van der Waals surface area (Å²) in [5, 5.41) is 18.1. The lowest BCUT2D eigenvalue weighted by Crippen LogP contribution is -2.50. The Kier molecular flexibility index (Phi) is 4.17. The molecule has 1 atom stereocenters. The van der Waals surface area contributed by atoms with Crippen molar-refractivity contribution in [1.29, 1.82) is 5.26 Å². The molecule has 19 heavy (non-hydrogen) atoms. The molecule has 0 spiro atoms. The summed E-state index contributed by atoms with van der Waals surface area (Å²) in [6.07, 6.45) is 0. The third kappa shape index (κ3) is 2.77. The highest BCUT2D eigenvalue weighted by molar-refractivity contribution is 7.89. The molecule has 0 aliphatic carbocycles. The van der Waals surface area contributed by atoms with E-state index in [0.717, 1.165) is 0 Å². The second-order valence-electron chi connectivity index (χ2n) is 4.17. The van der Waals surface area contributed by atoms with Gasteiger partial charge in [0.2, 0.25) is 10.0 Å². The van der Waals surface area contributed by atoms with E-state index in [2.05, 4.69) is 0 Å². The first-order chi connectivity index (χ1) is 9.09. The quantitative estimate of drug-likeness (QED) is 0.838. The van der Waals surface area contributed by atoms with Crippen LogP contribution in [0.4, 0.5) is 0 Å². The molecule has 0 radical (unpaired) electrons. The fourth-order valence-electron chi connectivity index (χ4n) is 1.96. The highest BCUT2D eigenvalue weighted by Gasteiger charge is 2.33. The maximum absolute atomic E-state index is 12.5. The van der Waals surface area contributed by atoms with E-state index in [-0.39, 0.29) is 30.2 Å². The molecule has 7 heteroatoms. The summed E-state index contributed by atoms with van der Waals surface area (Å²) in [4.78, 5) is 0.0619. The highest BCUT2D eigenvalue weighted by atomic mass is 32.2. The standard InChI is InChI=1S/C12H14N2O4S/c13-7-10-2-1-3-12(6-10)19(16,17)14-4-5-18-9-11(14)8-15/h1-3,6,11,15H,4-5,8-9H2. The van der Waals surface area contributed by atoms with Crippen LogP contribution < -0.4 is 0 Å². The maximum atomic E-state index is 12.5. The molecule has 1 fully saturated rings. The van der Waals surface area contributed by atoms with E-state index in [9.17, 15) is 13.5 Å². The Bertz CT molecular complexity index is 594. The van der Waals surface area contributed by atoms with Gasteiger partial charge in [-0.05, 0) is 18.2 Å². The van der Waals surface area contributed by atoms with Crippen molar-refractivity contribution in [1.82, 2.24) is 4.31 Å². The van der Waals surface area contributed by atoms with E-state index < -0.39 is 16.1 Å². The summed E-state index contributed by atoms with van der Waals surface area (Å²) < 4.78 is 31.3. The van der Waals surface area contributed by atoms with Crippen molar-refractivity contribution < 1.29 is 18.3 Å². The van der Waals surface area contributed by atoms with E-state index in [1.54, 1.807) is 6.07 Å². The van der Waals surface area contributed by atoms with Crippen LogP contribution in [-0.4, -0.2) is 50.2 Å². The van der Waals surface area contributed by atoms with Crippen molar-refractivity contribution >= 4 is 10.0 Å². The number of hydrogen-bond donors (Lipinski definition) is 1. The van der Waals surface area contributed by atoms with Gasteiger partial charge in [0, 0.05) is 6.54 Å². The van der Waals surface area contributed by atoms with E-state index in [1.165, 1.54) is 22.5 Å². The second kappa shape index (κ2) is 5.67. The van der Waals surface area contributed by atoms with Crippen LogP contribution in [0.2, 0.25) is 0 Å². The van der Waals surface area contributed by atoms with Gasteiger partial charge in [0.1, 0.15) is 0 Å². The zero-order chi connectivity index (χ0) is 13.9. The van der Waals surface area contributed by atoms with Crippen molar-refractivity contribution in [3.8, 4) is 6.07 Å². The van der Waals surface area contributed by atoms with E-state index in [1.807, 2.05) is 6.07 Å².